The molecule has 49 heavy (non-hydrogen) atoms. The highest BCUT2D eigenvalue weighted by Gasteiger charge is 2.22. The zero-order valence-corrected chi connectivity index (χ0v) is 28.0. The van der Waals surface area contributed by atoms with E-state index in [1.807, 2.05) is 0 Å². The normalized spacial score (nSPS) is 12.0. The van der Waals surface area contributed by atoms with Gasteiger partial charge in [0.25, 0.3) is 0 Å². The van der Waals surface area contributed by atoms with E-state index in [-0.39, 0.29) is 5.41 Å². The molecule has 0 amide bonds. The highest BCUT2D eigenvalue weighted by atomic mass is 16.3. The van der Waals surface area contributed by atoms with Crippen LogP contribution in [0.1, 0.15) is 26.3 Å². The van der Waals surface area contributed by atoms with Crippen LogP contribution >= 0.6 is 0 Å². The first-order chi connectivity index (χ1) is 24.0. The van der Waals surface area contributed by atoms with E-state index < -0.39 is 0 Å². The van der Waals surface area contributed by atoms with Crippen LogP contribution in [0.5, 0.6) is 0 Å². The summed E-state index contributed by atoms with van der Waals surface area (Å²) >= 11 is 0. The summed E-state index contributed by atoms with van der Waals surface area (Å²) in [6.45, 7) is 6.74. The molecule has 0 saturated heterocycles. The standard InChI is InChI=1S/C48H36O/c1-48(2,3)43-26-14-25-41-40-24-13-23-36(46(40)49-47(41)43)35-20-12-19-33(29-35)34-27-28-39-42(30-34)45(32-17-8-5-9-18-32)38-22-11-10-21-37(38)44(39)31-15-6-4-7-16-31/h4-30H,1-3H3. The van der Waals surface area contributed by atoms with Gasteiger partial charge in [-0.25, -0.2) is 0 Å². The van der Waals surface area contributed by atoms with Crippen molar-refractivity contribution in [2.24, 2.45) is 0 Å². The smallest absolute Gasteiger partial charge is 0.143 e. The van der Waals surface area contributed by atoms with Crippen LogP contribution in [0.25, 0.3) is 88.0 Å². The first-order valence-corrected chi connectivity index (χ1v) is 17.1. The number of fused-ring (bicyclic) bond motifs is 5. The topological polar surface area (TPSA) is 13.1 Å². The Balaban J connectivity index is 1.27. The Morgan fingerprint density at radius 3 is 1.51 bits per heavy atom. The van der Waals surface area contributed by atoms with Crippen molar-refractivity contribution in [2.75, 3.05) is 0 Å². The number of para-hydroxylation sites is 2. The van der Waals surface area contributed by atoms with Crippen molar-refractivity contribution in [3.8, 4) is 44.5 Å². The Kier molecular flexibility index (Phi) is 6.78. The van der Waals surface area contributed by atoms with Crippen LogP contribution < -0.4 is 0 Å². The van der Waals surface area contributed by atoms with Gasteiger partial charge in [-0.05, 0) is 78.0 Å². The largest absolute Gasteiger partial charge is 0.455 e. The summed E-state index contributed by atoms with van der Waals surface area (Å²) in [7, 11) is 0. The molecule has 9 rings (SSSR count). The molecule has 9 aromatic rings. The van der Waals surface area contributed by atoms with Crippen LogP contribution in [0.2, 0.25) is 0 Å². The summed E-state index contributed by atoms with van der Waals surface area (Å²) < 4.78 is 6.76. The van der Waals surface area contributed by atoms with Crippen molar-refractivity contribution in [3.05, 3.63) is 169 Å². The average Bonchev–Trinajstić information content (AvgIpc) is 3.53. The molecule has 0 N–H and O–H groups in total. The van der Waals surface area contributed by atoms with Crippen molar-refractivity contribution in [1.82, 2.24) is 0 Å². The van der Waals surface area contributed by atoms with E-state index >= 15 is 0 Å². The number of furan rings is 1. The van der Waals surface area contributed by atoms with E-state index in [9.17, 15) is 0 Å². The Morgan fingerprint density at radius 1 is 0.347 bits per heavy atom. The highest BCUT2D eigenvalue weighted by Crippen LogP contribution is 2.45. The monoisotopic (exact) mass is 628 g/mol. The third kappa shape index (κ3) is 4.85. The Bertz CT molecular complexity index is 2670. The summed E-state index contributed by atoms with van der Waals surface area (Å²) in [6.07, 6.45) is 0. The van der Waals surface area contributed by atoms with Crippen LogP contribution in [0, 0.1) is 0 Å². The van der Waals surface area contributed by atoms with Crippen molar-refractivity contribution >= 4 is 43.5 Å². The molecule has 8 aromatic carbocycles. The molecule has 0 fully saturated rings. The predicted molar refractivity (Wildman–Crippen MR) is 209 cm³/mol. The van der Waals surface area contributed by atoms with Crippen LogP contribution in [-0.2, 0) is 5.41 Å². The fourth-order valence-corrected chi connectivity index (χ4v) is 7.69. The number of hydrogen-bond acceptors (Lipinski definition) is 1. The lowest BCUT2D eigenvalue weighted by atomic mass is 9.85. The molecule has 0 spiro atoms. The second-order valence-electron chi connectivity index (χ2n) is 14.1. The molecule has 0 saturated carbocycles. The molecule has 1 nitrogen and oxygen atoms in total. The maximum Gasteiger partial charge on any atom is 0.143 e. The quantitative estimate of drug-likeness (QED) is 0.177. The summed E-state index contributed by atoms with van der Waals surface area (Å²) in [5.41, 5.74) is 12.7. The predicted octanol–water partition coefficient (Wildman–Crippen LogP) is 13.9. The zero-order chi connectivity index (χ0) is 33.1. The molecule has 0 aliphatic heterocycles. The van der Waals surface area contributed by atoms with Crippen LogP contribution in [0.4, 0.5) is 0 Å². The van der Waals surface area contributed by atoms with Crippen LogP contribution in [0.15, 0.2) is 168 Å². The van der Waals surface area contributed by atoms with Gasteiger partial charge in [-0.3, -0.25) is 0 Å². The Hall–Kier alpha value is -5.92. The summed E-state index contributed by atoms with van der Waals surface area (Å²) in [5.74, 6) is 0. The zero-order valence-electron chi connectivity index (χ0n) is 28.0. The minimum atomic E-state index is -0.0200. The second kappa shape index (κ2) is 11.4. The van der Waals surface area contributed by atoms with Gasteiger partial charge < -0.3 is 4.42 Å². The molecule has 0 bridgehead atoms. The number of benzene rings is 8. The number of rotatable bonds is 4. The summed E-state index contributed by atoms with van der Waals surface area (Å²) in [5, 5.41) is 7.36. The van der Waals surface area contributed by atoms with Gasteiger partial charge in [-0.2, -0.15) is 0 Å². The lowest BCUT2D eigenvalue weighted by Gasteiger charge is -2.19. The average molecular weight is 629 g/mol. The third-order valence-electron chi connectivity index (χ3n) is 9.99. The van der Waals surface area contributed by atoms with Crippen molar-refractivity contribution in [3.63, 3.8) is 0 Å². The minimum Gasteiger partial charge on any atom is -0.455 e. The van der Waals surface area contributed by atoms with Crippen LogP contribution in [-0.4, -0.2) is 0 Å². The van der Waals surface area contributed by atoms with E-state index in [2.05, 4.69) is 185 Å². The molecule has 1 aromatic heterocycles. The molecule has 0 aliphatic rings. The van der Waals surface area contributed by atoms with Gasteiger partial charge >= 0.3 is 0 Å². The van der Waals surface area contributed by atoms with Crippen LogP contribution in [0.3, 0.4) is 0 Å². The Labute approximate surface area is 287 Å². The van der Waals surface area contributed by atoms with Gasteiger partial charge in [0, 0.05) is 21.9 Å². The second-order valence-corrected chi connectivity index (χ2v) is 14.1. The van der Waals surface area contributed by atoms with Crippen molar-refractivity contribution in [1.29, 1.82) is 0 Å². The van der Waals surface area contributed by atoms with E-state index in [0.29, 0.717) is 0 Å². The van der Waals surface area contributed by atoms with Gasteiger partial charge in [0.05, 0.1) is 0 Å². The summed E-state index contributed by atoms with van der Waals surface area (Å²) in [6, 6.07) is 59.5. The first-order valence-electron chi connectivity index (χ1n) is 17.1. The third-order valence-corrected chi connectivity index (χ3v) is 9.99. The molecular weight excluding hydrogens is 593 g/mol. The minimum absolute atomic E-state index is 0.0200. The molecule has 0 unspecified atom stereocenters. The maximum absolute atomic E-state index is 6.76. The first kappa shape index (κ1) is 29.2. The van der Waals surface area contributed by atoms with E-state index in [1.54, 1.807) is 0 Å². The lowest BCUT2D eigenvalue weighted by molar-refractivity contribution is 0.573. The maximum atomic E-state index is 6.76. The summed E-state index contributed by atoms with van der Waals surface area (Å²) in [4.78, 5) is 0. The SMILES string of the molecule is CC(C)(C)c1cccc2c1oc1c(-c3cccc(-c4ccc5c(-c6ccccc6)c6ccccc6c(-c6ccccc6)c5c4)c3)cccc12. The molecular formula is C48H36O. The van der Waals surface area contributed by atoms with E-state index in [0.717, 1.165) is 27.7 Å². The highest BCUT2D eigenvalue weighted by molar-refractivity contribution is 6.22. The number of hydrogen-bond donors (Lipinski definition) is 0. The fraction of sp³-hybridized carbons (Fsp3) is 0.0833. The molecule has 0 atom stereocenters. The molecule has 234 valence electrons. The molecule has 1 heterocycles. The van der Waals surface area contributed by atoms with Gasteiger partial charge in [-0.1, -0.05) is 172 Å². The fourth-order valence-electron chi connectivity index (χ4n) is 7.69. The molecule has 1 heteroatoms. The van der Waals surface area contributed by atoms with Gasteiger partial charge in [0.2, 0.25) is 0 Å². The van der Waals surface area contributed by atoms with Gasteiger partial charge in [0.1, 0.15) is 11.2 Å². The van der Waals surface area contributed by atoms with Crippen molar-refractivity contribution in [2.45, 2.75) is 26.2 Å². The molecule has 0 radical (unpaired) electrons. The Morgan fingerprint density at radius 2 is 0.837 bits per heavy atom. The van der Waals surface area contributed by atoms with Gasteiger partial charge in [0.15, 0.2) is 0 Å². The van der Waals surface area contributed by atoms with E-state index in [4.69, 9.17) is 4.42 Å². The lowest BCUT2D eigenvalue weighted by Crippen LogP contribution is -2.10. The molecule has 0 aliphatic carbocycles. The van der Waals surface area contributed by atoms with E-state index in [1.165, 1.54) is 65.9 Å². The van der Waals surface area contributed by atoms with Crippen molar-refractivity contribution < 1.29 is 4.42 Å². The van der Waals surface area contributed by atoms with Gasteiger partial charge in [-0.15, -0.1) is 0 Å².